The van der Waals surface area contributed by atoms with Crippen molar-refractivity contribution >= 4 is 17.6 Å². The summed E-state index contributed by atoms with van der Waals surface area (Å²) < 4.78 is 42.6. The van der Waals surface area contributed by atoms with E-state index in [2.05, 4.69) is 5.32 Å². The average Bonchev–Trinajstić information content (AvgIpc) is 2.54. The van der Waals surface area contributed by atoms with Crippen LogP contribution in [-0.4, -0.2) is 18.0 Å². The van der Waals surface area contributed by atoms with Crippen molar-refractivity contribution in [1.29, 1.82) is 0 Å². The van der Waals surface area contributed by atoms with E-state index >= 15 is 0 Å². The summed E-state index contributed by atoms with van der Waals surface area (Å²) in [5.74, 6) is -1.28. The molecular weight excluding hydrogens is 335 g/mol. The number of hydrogen-bond donors (Lipinski definition) is 1. The van der Waals surface area contributed by atoms with Gasteiger partial charge in [0.2, 0.25) is 0 Å². The highest BCUT2D eigenvalue weighted by atomic mass is 19.4. The number of esters is 1. The van der Waals surface area contributed by atoms with Crippen LogP contribution in [0.5, 0.6) is 0 Å². The van der Waals surface area contributed by atoms with E-state index in [9.17, 15) is 22.8 Å². The molecule has 0 aliphatic heterocycles. The Morgan fingerprint density at radius 2 is 1.64 bits per heavy atom. The Labute approximate surface area is 142 Å². The molecule has 0 aliphatic carbocycles. The molecular formula is C18H16F3NO3. The molecule has 25 heavy (non-hydrogen) atoms. The minimum atomic E-state index is -4.45. The van der Waals surface area contributed by atoms with E-state index in [-0.39, 0.29) is 5.69 Å². The topological polar surface area (TPSA) is 55.4 Å². The second-order valence-corrected chi connectivity index (χ2v) is 5.43. The number of ether oxygens (including phenoxy) is 1. The number of hydrogen-bond acceptors (Lipinski definition) is 3. The van der Waals surface area contributed by atoms with Crippen LogP contribution >= 0.6 is 0 Å². The van der Waals surface area contributed by atoms with Gasteiger partial charge in [-0.15, -0.1) is 0 Å². The first-order valence-electron chi connectivity index (χ1n) is 7.43. The van der Waals surface area contributed by atoms with Gasteiger partial charge in [0.15, 0.2) is 6.10 Å². The van der Waals surface area contributed by atoms with Crippen LogP contribution in [0.25, 0.3) is 0 Å². The first-order chi connectivity index (χ1) is 11.7. The standard InChI is InChI=1S/C18H16F3NO3/c1-11-5-3-4-6-15(11)17(24)25-12(2)16(23)22-14-9-7-13(8-10-14)18(19,20)21/h3-10,12H,1-2H3,(H,22,23)/t12-/m1/s1. The van der Waals surface area contributed by atoms with Crippen LogP contribution < -0.4 is 5.32 Å². The molecule has 1 amide bonds. The van der Waals surface area contributed by atoms with Gasteiger partial charge in [0, 0.05) is 5.69 Å². The molecule has 0 heterocycles. The van der Waals surface area contributed by atoms with E-state index < -0.39 is 29.7 Å². The van der Waals surface area contributed by atoms with E-state index in [0.717, 1.165) is 24.3 Å². The fraction of sp³-hybridized carbons (Fsp3) is 0.222. The number of anilines is 1. The van der Waals surface area contributed by atoms with Crippen LogP contribution in [0.2, 0.25) is 0 Å². The minimum absolute atomic E-state index is 0.178. The number of rotatable bonds is 4. The zero-order valence-corrected chi connectivity index (χ0v) is 13.6. The third kappa shape index (κ3) is 4.82. The van der Waals surface area contributed by atoms with Crippen LogP contribution in [0.3, 0.4) is 0 Å². The number of amides is 1. The Bertz CT molecular complexity index is 770. The van der Waals surface area contributed by atoms with E-state index in [1.165, 1.54) is 6.92 Å². The van der Waals surface area contributed by atoms with Crippen LogP contribution in [0, 0.1) is 6.92 Å². The third-order valence-electron chi connectivity index (χ3n) is 3.50. The molecule has 4 nitrogen and oxygen atoms in total. The summed E-state index contributed by atoms with van der Waals surface area (Å²) >= 11 is 0. The van der Waals surface area contributed by atoms with Crippen molar-refractivity contribution in [1.82, 2.24) is 0 Å². The van der Waals surface area contributed by atoms with Gasteiger partial charge in [-0.1, -0.05) is 18.2 Å². The summed E-state index contributed by atoms with van der Waals surface area (Å²) in [6.07, 6.45) is -5.55. The van der Waals surface area contributed by atoms with Crippen LogP contribution in [0.15, 0.2) is 48.5 Å². The molecule has 2 rings (SSSR count). The van der Waals surface area contributed by atoms with Crippen LogP contribution in [0.4, 0.5) is 18.9 Å². The molecule has 1 N–H and O–H groups in total. The highest BCUT2D eigenvalue weighted by molar-refractivity contribution is 5.97. The molecule has 2 aromatic carbocycles. The normalized spacial score (nSPS) is 12.4. The smallest absolute Gasteiger partial charge is 0.416 e. The predicted octanol–water partition coefficient (Wildman–Crippen LogP) is 4.20. The Morgan fingerprint density at radius 1 is 1.04 bits per heavy atom. The minimum Gasteiger partial charge on any atom is -0.449 e. The van der Waals surface area contributed by atoms with Gasteiger partial charge in [0.05, 0.1) is 11.1 Å². The molecule has 0 aromatic heterocycles. The molecule has 0 spiro atoms. The molecule has 132 valence electrons. The van der Waals surface area contributed by atoms with Crippen LogP contribution in [-0.2, 0) is 15.7 Å². The van der Waals surface area contributed by atoms with Crippen molar-refractivity contribution in [3.8, 4) is 0 Å². The molecule has 0 bridgehead atoms. The summed E-state index contributed by atoms with van der Waals surface area (Å²) in [5.41, 5.74) is 0.417. The monoisotopic (exact) mass is 351 g/mol. The Hall–Kier alpha value is -2.83. The van der Waals surface area contributed by atoms with Gasteiger partial charge in [0.1, 0.15) is 0 Å². The second-order valence-electron chi connectivity index (χ2n) is 5.43. The number of aryl methyl sites for hydroxylation is 1. The number of carbonyl (C=O) groups excluding carboxylic acids is 2. The van der Waals surface area contributed by atoms with E-state index in [1.54, 1.807) is 31.2 Å². The molecule has 0 aliphatic rings. The maximum absolute atomic E-state index is 12.5. The van der Waals surface area contributed by atoms with Crippen LogP contribution in [0.1, 0.15) is 28.4 Å². The van der Waals surface area contributed by atoms with Crippen molar-refractivity contribution in [3.05, 3.63) is 65.2 Å². The highest BCUT2D eigenvalue weighted by Crippen LogP contribution is 2.29. The Morgan fingerprint density at radius 3 is 2.20 bits per heavy atom. The summed E-state index contributed by atoms with van der Waals surface area (Å²) in [7, 11) is 0. The van der Waals surface area contributed by atoms with E-state index in [1.807, 2.05) is 0 Å². The Kier molecular flexibility index (Phi) is 5.46. The molecule has 0 fully saturated rings. The maximum atomic E-state index is 12.5. The second kappa shape index (κ2) is 7.38. The number of carbonyl (C=O) groups is 2. The molecule has 1 atom stereocenters. The molecule has 2 aromatic rings. The van der Waals surface area contributed by atoms with Crippen molar-refractivity contribution < 1.29 is 27.5 Å². The van der Waals surface area contributed by atoms with E-state index in [0.29, 0.717) is 11.1 Å². The number of alkyl halides is 3. The van der Waals surface area contributed by atoms with Gasteiger partial charge < -0.3 is 10.1 Å². The van der Waals surface area contributed by atoms with E-state index in [4.69, 9.17) is 4.74 Å². The van der Waals surface area contributed by atoms with Crippen molar-refractivity contribution in [3.63, 3.8) is 0 Å². The number of benzene rings is 2. The average molecular weight is 351 g/mol. The first kappa shape index (κ1) is 18.5. The highest BCUT2D eigenvalue weighted by Gasteiger charge is 2.30. The molecule has 0 radical (unpaired) electrons. The first-order valence-corrected chi connectivity index (χ1v) is 7.43. The molecule has 0 saturated carbocycles. The zero-order chi connectivity index (χ0) is 18.6. The SMILES string of the molecule is Cc1ccccc1C(=O)O[C@H](C)C(=O)Nc1ccc(C(F)(F)F)cc1. The van der Waals surface area contributed by atoms with Gasteiger partial charge in [0.25, 0.3) is 5.91 Å². The third-order valence-corrected chi connectivity index (χ3v) is 3.50. The summed E-state index contributed by atoms with van der Waals surface area (Å²) in [4.78, 5) is 24.1. The fourth-order valence-electron chi connectivity index (χ4n) is 2.07. The number of nitrogens with one attached hydrogen (secondary N) is 1. The number of halogens is 3. The lowest BCUT2D eigenvalue weighted by atomic mass is 10.1. The van der Waals surface area contributed by atoms with Gasteiger partial charge in [-0.05, 0) is 49.7 Å². The lowest BCUT2D eigenvalue weighted by molar-refractivity contribution is -0.137. The lowest BCUT2D eigenvalue weighted by Gasteiger charge is -2.15. The molecule has 0 unspecified atom stereocenters. The van der Waals surface area contributed by atoms with Gasteiger partial charge in [-0.25, -0.2) is 4.79 Å². The van der Waals surface area contributed by atoms with Crippen molar-refractivity contribution in [2.45, 2.75) is 26.1 Å². The van der Waals surface area contributed by atoms with Crippen molar-refractivity contribution in [2.75, 3.05) is 5.32 Å². The maximum Gasteiger partial charge on any atom is 0.416 e. The lowest BCUT2D eigenvalue weighted by Crippen LogP contribution is -2.30. The van der Waals surface area contributed by atoms with Gasteiger partial charge in [-0.3, -0.25) is 4.79 Å². The van der Waals surface area contributed by atoms with Crippen molar-refractivity contribution in [2.24, 2.45) is 0 Å². The largest absolute Gasteiger partial charge is 0.449 e. The molecule has 7 heteroatoms. The summed E-state index contributed by atoms with van der Waals surface area (Å²) in [5, 5.41) is 2.41. The molecule has 0 saturated heterocycles. The zero-order valence-electron chi connectivity index (χ0n) is 13.6. The Balaban J connectivity index is 1.98. The quantitative estimate of drug-likeness (QED) is 0.840. The van der Waals surface area contributed by atoms with Gasteiger partial charge in [-0.2, -0.15) is 13.2 Å². The fourth-order valence-corrected chi connectivity index (χ4v) is 2.07. The summed E-state index contributed by atoms with van der Waals surface area (Å²) in [6, 6.07) is 10.8. The summed E-state index contributed by atoms with van der Waals surface area (Å²) in [6.45, 7) is 3.12. The van der Waals surface area contributed by atoms with Gasteiger partial charge >= 0.3 is 12.1 Å². The predicted molar refractivity (Wildman–Crippen MR) is 86.1 cm³/mol.